The molecule has 0 aromatic carbocycles. The summed E-state index contributed by atoms with van der Waals surface area (Å²) in [6.07, 6.45) is 4.12. The van der Waals surface area contributed by atoms with Crippen LogP contribution in [0.4, 0.5) is 0 Å². The first-order chi connectivity index (χ1) is 10.6. The molecule has 2 rings (SSSR count). The van der Waals surface area contributed by atoms with Crippen LogP contribution in [0.1, 0.15) is 19.8 Å². The van der Waals surface area contributed by atoms with Gasteiger partial charge in [-0.1, -0.05) is 6.92 Å². The van der Waals surface area contributed by atoms with Gasteiger partial charge in [0.25, 0.3) is 5.91 Å². The van der Waals surface area contributed by atoms with Gasteiger partial charge < -0.3 is 15.5 Å². The van der Waals surface area contributed by atoms with Gasteiger partial charge in [0.05, 0.1) is 0 Å². The number of likely N-dealkylation sites (tertiary alicyclic amines) is 1. The number of carbonyl (C=O) groups excluding carboxylic acids is 1. The molecule has 2 N–H and O–H groups in total. The molecule has 2 aliphatic heterocycles. The molecule has 0 spiro atoms. The minimum absolute atomic E-state index is 0.131. The minimum atomic E-state index is -0.131. The molecule has 1 atom stereocenters. The first kappa shape index (κ1) is 16.8. The highest BCUT2D eigenvalue weighted by Gasteiger charge is 2.24. The van der Waals surface area contributed by atoms with E-state index in [2.05, 4.69) is 22.8 Å². The number of carbonyl (C=O) groups is 1. The average molecular weight is 305 g/mol. The third kappa shape index (κ3) is 4.46. The molecule has 6 heteroatoms. The van der Waals surface area contributed by atoms with E-state index in [1.807, 2.05) is 0 Å². The number of hydrogen-bond donors (Lipinski definition) is 1. The van der Waals surface area contributed by atoms with E-state index in [0.717, 1.165) is 39.1 Å². The molecule has 1 unspecified atom stereocenters. The Bertz CT molecular complexity index is 448. The molecule has 0 bridgehead atoms. The summed E-state index contributed by atoms with van der Waals surface area (Å²) in [6.45, 7) is 8.62. The van der Waals surface area contributed by atoms with E-state index >= 15 is 0 Å². The molecule has 2 fully saturated rings. The first-order valence-electron chi connectivity index (χ1n) is 8.21. The molecule has 1 amide bonds. The molecular weight excluding hydrogens is 278 g/mol. The van der Waals surface area contributed by atoms with E-state index in [9.17, 15) is 10.1 Å². The van der Waals surface area contributed by atoms with Gasteiger partial charge >= 0.3 is 0 Å². The van der Waals surface area contributed by atoms with Crippen LogP contribution in [0.15, 0.2) is 11.8 Å². The maximum atomic E-state index is 12.5. The van der Waals surface area contributed by atoms with Gasteiger partial charge in [-0.25, -0.2) is 0 Å². The van der Waals surface area contributed by atoms with Crippen molar-refractivity contribution < 1.29 is 4.79 Å². The normalized spacial score (nSPS) is 24.2. The number of rotatable bonds is 4. The van der Waals surface area contributed by atoms with E-state index in [1.165, 1.54) is 6.42 Å². The zero-order valence-corrected chi connectivity index (χ0v) is 13.5. The minimum Gasteiger partial charge on any atom is -0.376 e. The highest BCUT2D eigenvalue weighted by Crippen LogP contribution is 2.17. The smallest absolute Gasteiger partial charge is 0.266 e. The van der Waals surface area contributed by atoms with Crippen molar-refractivity contribution in [3.63, 3.8) is 0 Å². The summed E-state index contributed by atoms with van der Waals surface area (Å²) in [5.74, 6) is 0.493. The summed E-state index contributed by atoms with van der Waals surface area (Å²) in [4.78, 5) is 18.7. The largest absolute Gasteiger partial charge is 0.376 e. The zero-order chi connectivity index (χ0) is 15.9. The second-order valence-electron chi connectivity index (χ2n) is 6.32. The third-order valence-electron chi connectivity index (χ3n) is 4.46. The monoisotopic (exact) mass is 305 g/mol. The number of piperazine rings is 1. The van der Waals surface area contributed by atoms with Crippen molar-refractivity contribution in [2.75, 3.05) is 52.4 Å². The maximum absolute atomic E-state index is 12.5. The SMILES string of the molecule is CC1CCCN(/C=C(/C#N)C(=O)N2CCN(CCN)CC2)C1. The molecule has 0 aromatic rings. The van der Waals surface area contributed by atoms with E-state index < -0.39 is 0 Å². The van der Waals surface area contributed by atoms with Crippen molar-refractivity contribution in [3.8, 4) is 6.07 Å². The van der Waals surface area contributed by atoms with Crippen LogP contribution in [0.3, 0.4) is 0 Å². The lowest BCUT2D eigenvalue weighted by Gasteiger charge is -2.35. The Kier molecular flexibility index (Phi) is 6.22. The lowest BCUT2D eigenvalue weighted by atomic mass is 10.0. The second-order valence-corrected chi connectivity index (χ2v) is 6.32. The zero-order valence-electron chi connectivity index (χ0n) is 13.5. The van der Waals surface area contributed by atoms with Gasteiger partial charge in [-0.05, 0) is 18.8 Å². The van der Waals surface area contributed by atoms with Crippen LogP contribution < -0.4 is 5.73 Å². The highest BCUT2D eigenvalue weighted by atomic mass is 16.2. The quantitative estimate of drug-likeness (QED) is 0.594. The van der Waals surface area contributed by atoms with Crippen LogP contribution in [0.2, 0.25) is 0 Å². The van der Waals surface area contributed by atoms with E-state index in [-0.39, 0.29) is 11.5 Å². The lowest BCUT2D eigenvalue weighted by Crippen LogP contribution is -2.50. The van der Waals surface area contributed by atoms with Gasteiger partial charge in [-0.15, -0.1) is 0 Å². The molecule has 22 heavy (non-hydrogen) atoms. The fraction of sp³-hybridized carbons (Fsp3) is 0.750. The standard InChI is InChI=1S/C16H27N5O/c1-14-3-2-5-20(12-14)13-15(11-18)16(22)21-9-7-19(6-4-17)8-10-21/h13-14H,2-10,12,17H2,1H3/b15-13-. The van der Waals surface area contributed by atoms with Gasteiger partial charge in [-0.3, -0.25) is 9.69 Å². The average Bonchev–Trinajstić information content (AvgIpc) is 2.53. The topological polar surface area (TPSA) is 76.6 Å². The van der Waals surface area contributed by atoms with Crippen molar-refractivity contribution in [2.24, 2.45) is 11.7 Å². The molecule has 0 radical (unpaired) electrons. The van der Waals surface area contributed by atoms with E-state index in [0.29, 0.717) is 25.6 Å². The number of amides is 1. The summed E-state index contributed by atoms with van der Waals surface area (Å²) < 4.78 is 0. The van der Waals surface area contributed by atoms with Crippen LogP contribution in [-0.2, 0) is 4.79 Å². The molecule has 122 valence electrons. The summed E-state index contributed by atoms with van der Waals surface area (Å²) in [5.41, 5.74) is 5.82. The van der Waals surface area contributed by atoms with Crippen LogP contribution >= 0.6 is 0 Å². The summed E-state index contributed by atoms with van der Waals surface area (Å²) >= 11 is 0. The Balaban J connectivity index is 1.93. The maximum Gasteiger partial charge on any atom is 0.266 e. The molecular formula is C16H27N5O. The number of piperidine rings is 1. The van der Waals surface area contributed by atoms with Gasteiger partial charge in [-0.2, -0.15) is 5.26 Å². The molecule has 0 aliphatic carbocycles. The molecule has 0 saturated carbocycles. The molecule has 2 heterocycles. The van der Waals surface area contributed by atoms with E-state index in [4.69, 9.17) is 5.73 Å². The van der Waals surface area contributed by atoms with Crippen LogP contribution in [0, 0.1) is 17.2 Å². The van der Waals surface area contributed by atoms with Crippen molar-refractivity contribution >= 4 is 5.91 Å². The fourth-order valence-electron chi connectivity index (χ4n) is 3.18. The van der Waals surface area contributed by atoms with Crippen molar-refractivity contribution in [1.29, 1.82) is 5.26 Å². The van der Waals surface area contributed by atoms with Crippen LogP contribution in [0.5, 0.6) is 0 Å². The summed E-state index contributed by atoms with van der Waals surface area (Å²) in [6, 6.07) is 2.09. The van der Waals surface area contributed by atoms with Crippen LogP contribution in [-0.4, -0.2) is 73.0 Å². The number of hydrogen-bond acceptors (Lipinski definition) is 5. The lowest BCUT2D eigenvalue weighted by molar-refractivity contribution is -0.128. The van der Waals surface area contributed by atoms with Gasteiger partial charge in [0.1, 0.15) is 11.6 Å². The molecule has 2 aliphatic rings. The van der Waals surface area contributed by atoms with Gasteiger partial charge in [0.15, 0.2) is 0 Å². The Morgan fingerprint density at radius 3 is 2.64 bits per heavy atom. The Morgan fingerprint density at radius 2 is 2.05 bits per heavy atom. The van der Waals surface area contributed by atoms with Gasteiger partial charge in [0.2, 0.25) is 0 Å². The molecule has 0 aromatic heterocycles. The third-order valence-corrected chi connectivity index (χ3v) is 4.46. The van der Waals surface area contributed by atoms with E-state index in [1.54, 1.807) is 11.1 Å². The van der Waals surface area contributed by atoms with Crippen LogP contribution in [0.25, 0.3) is 0 Å². The van der Waals surface area contributed by atoms with Crippen molar-refractivity contribution in [3.05, 3.63) is 11.8 Å². The second kappa shape index (κ2) is 8.16. The Morgan fingerprint density at radius 1 is 1.32 bits per heavy atom. The summed E-state index contributed by atoms with van der Waals surface area (Å²) in [7, 11) is 0. The predicted octanol–water partition coefficient (Wildman–Crippen LogP) is 0.229. The number of nitrogens with zero attached hydrogens (tertiary/aromatic N) is 4. The number of nitrogens with two attached hydrogens (primary N) is 1. The Hall–Kier alpha value is -1.58. The number of nitriles is 1. The fourth-order valence-corrected chi connectivity index (χ4v) is 3.18. The summed E-state index contributed by atoms with van der Waals surface area (Å²) in [5, 5.41) is 9.34. The Labute approximate surface area is 133 Å². The molecule has 2 saturated heterocycles. The predicted molar refractivity (Wildman–Crippen MR) is 85.7 cm³/mol. The highest BCUT2D eigenvalue weighted by molar-refractivity contribution is 5.97. The molecule has 6 nitrogen and oxygen atoms in total. The van der Waals surface area contributed by atoms with Gasteiger partial charge in [0, 0.05) is 58.6 Å². The van der Waals surface area contributed by atoms with Crippen molar-refractivity contribution in [2.45, 2.75) is 19.8 Å². The van der Waals surface area contributed by atoms with Crippen molar-refractivity contribution in [1.82, 2.24) is 14.7 Å². The first-order valence-corrected chi connectivity index (χ1v) is 8.21.